The topological polar surface area (TPSA) is 0 Å². The minimum Gasteiger partial charge on any atom is -0.0622 e. The molecule has 0 aromatic heterocycles. The Labute approximate surface area is 291 Å². The fourth-order valence-corrected chi connectivity index (χ4v) is 8.22. The zero-order valence-electron chi connectivity index (χ0n) is 27.5. The van der Waals surface area contributed by atoms with Gasteiger partial charge in [-0.25, -0.2) is 0 Å². The smallest absolute Gasteiger partial charge is 0.00199 e. The molecule has 0 N–H and O–H groups in total. The van der Waals surface area contributed by atoms with Crippen LogP contribution in [0.4, 0.5) is 0 Å². The predicted molar refractivity (Wildman–Crippen MR) is 216 cm³/mol. The van der Waals surface area contributed by atoms with Gasteiger partial charge in [-0.05, 0) is 98.4 Å². The Bertz CT molecular complexity index is 2840. The van der Waals surface area contributed by atoms with Crippen LogP contribution >= 0.6 is 0 Å². The van der Waals surface area contributed by atoms with Crippen LogP contribution in [0.5, 0.6) is 0 Å². The molecule has 0 unspecified atom stereocenters. The lowest BCUT2D eigenvalue weighted by Gasteiger charge is -2.21. The van der Waals surface area contributed by atoms with Gasteiger partial charge < -0.3 is 0 Å². The first-order valence-corrected chi connectivity index (χ1v) is 17.4. The Morgan fingerprint density at radius 2 is 0.640 bits per heavy atom. The van der Waals surface area contributed by atoms with Gasteiger partial charge >= 0.3 is 0 Å². The maximum Gasteiger partial charge on any atom is -0.00199 e. The van der Waals surface area contributed by atoms with Crippen LogP contribution in [-0.4, -0.2) is 0 Å². The quantitative estimate of drug-likeness (QED) is 0.134. The third-order valence-corrected chi connectivity index (χ3v) is 10.5. The molecule has 0 radical (unpaired) electrons. The summed E-state index contributed by atoms with van der Waals surface area (Å²) >= 11 is 0. The largest absolute Gasteiger partial charge is 0.0622 e. The Kier molecular flexibility index (Phi) is 6.60. The average molecular weight is 633 g/mol. The number of hydrogen-bond donors (Lipinski definition) is 0. The highest BCUT2D eigenvalue weighted by atomic mass is 14.2. The SMILES string of the molecule is c1ccc(-c2ccc(-c3ccc(-c4c5ccccc5c(-c5cccc6ccc7ccccc7c56)c5ccccc45)c4ccccc34)cc2)cc1. The standard InChI is InChI=1S/C50H32/c1-2-13-33(14-3-1)34-25-27-36(28-26-34)38-31-32-46(41-19-7-6-18-40(38)41)49-42-20-8-10-22-44(42)50(45-23-11-9-21-43(45)49)47-24-12-16-37-30-29-35-15-4-5-17-39(35)48(37)47/h1-32H. The van der Waals surface area contributed by atoms with E-state index in [1.54, 1.807) is 0 Å². The van der Waals surface area contributed by atoms with Crippen molar-refractivity contribution in [2.75, 3.05) is 0 Å². The lowest BCUT2D eigenvalue weighted by Crippen LogP contribution is -1.93. The van der Waals surface area contributed by atoms with E-state index in [2.05, 4.69) is 194 Å². The molecule has 0 saturated carbocycles. The first-order valence-electron chi connectivity index (χ1n) is 17.4. The molecule has 0 fully saturated rings. The van der Waals surface area contributed by atoms with Gasteiger partial charge in [0.1, 0.15) is 0 Å². The van der Waals surface area contributed by atoms with E-state index in [4.69, 9.17) is 0 Å². The van der Waals surface area contributed by atoms with Gasteiger partial charge in [-0.1, -0.05) is 194 Å². The normalized spacial score (nSPS) is 11.6. The Hall–Kier alpha value is -6.50. The van der Waals surface area contributed by atoms with E-state index >= 15 is 0 Å². The van der Waals surface area contributed by atoms with E-state index in [9.17, 15) is 0 Å². The maximum atomic E-state index is 2.35. The second-order valence-electron chi connectivity index (χ2n) is 13.2. The van der Waals surface area contributed by atoms with Crippen molar-refractivity contribution in [3.05, 3.63) is 194 Å². The summed E-state index contributed by atoms with van der Waals surface area (Å²) < 4.78 is 0. The number of benzene rings is 10. The lowest BCUT2D eigenvalue weighted by atomic mass is 9.82. The van der Waals surface area contributed by atoms with Crippen LogP contribution in [-0.2, 0) is 0 Å². The summed E-state index contributed by atoms with van der Waals surface area (Å²) in [6.45, 7) is 0. The molecule has 10 rings (SSSR count). The number of fused-ring (bicyclic) bond motifs is 6. The molecule has 0 spiro atoms. The van der Waals surface area contributed by atoms with Gasteiger partial charge in [0.05, 0.1) is 0 Å². The van der Waals surface area contributed by atoms with Crippen molar-refractivity contribution in [3.8, 4) is 44.5 Å². The highest BCUT2D eigenvalue weighted by Crippen LogP contribution is 2.48. The zero-order valence-corrected chi connectivity index (χ0v) is 27.5. The summed E-state index contributed by atoms with van der Waals surface area (Å²) in [5, 5.41) is 12.7. The summed E-state index contributed by atoms with van der Waals surface area (Å²) in [5.74, 6) is 0. The van der Waals surface area contributed by atoms with Crippen molar-refractivity contribution in [2.45, 2.75) is 0 Å². The van der Waals surface area contributed by atoms with Gasteiger partial charge in [0, 0.05) is 0 Å². The molecule has 0 amide bonds. The van der Waals surface area contributed by atoms with E-state index in [0.717, 1.165) is 0 Å². The third kappa shape index (κ3) is 4.46. The summed E-state index contributed by atoms with van der Waals surface area (Å²) in [4.78, 5) is 0. The van der Waals surface area contributed by atoms with Gasteiger partial charge in [0.2, 0.25) is 0 Å². The van der Waals surface area contributed by atoms with Crippen LogP contribution in [0.3, 0.4) is 0 Å². The maximum absolute atomic E-state index is 2.35. The molecule has 0 aliphatic rings. The van der Waals surface area contributed by atoms with Crippen molar-refractivity contribution in [1.29, 1.82) is 0 Å². The Balaban J connectivity index is 1.24. The van der Waals surface area contributed by atoms with Crippen LogP contribution in [0.1, 0.15) is 0 Å². The summed E-state index contributed by atoms with van der Waals surface area (Å²) in [7, 11) is 0. The molecule has 10 aromatic carbocycles. The molecule has 232 valence electrons. The lowest BCUT2D eigenvalue weighted by molar-refractivity contribution is 1.60. The molecule has 0 aliphatic heterocycles. The van der Waals surface area contributed by atoms with Crippen LogP contribution < -0.4 is 0 Å². The molecule has 0 aliphatic carbocycles. The average Bonchev–Trinajstić information content (AvgIpc) is 3.20. The third-order valence-electron chi connectivity index (χ3n) is 10.5. The fourth-order valence-electron chi connectivity index (χ4n) is 8.22. The molecule has 0 nitrogen and oxygen atoms in total. The second-order valence-corrected chi connectivity index (χ2v) is 13.2. The summed E-state index contributed by atoms with van der Waals surface area (Å²) in [6.07, 6.45) is 0. The molecule has 0 bridgehead atoms. The van der Waals surface area contributed by atoms with Gasteiger partial charge in [0.15, 0.2) is 0 Å². The van der Waals surface area contributed by atoms with E-state index in [1.807, 2.05) is 0 Å². The molecular formula is C50H32. The van der Waals surface area contributed by atoms with Gasteiger partial charge in [-0.3, -0.25) is 0 Å². The van der Waals surface area contributed by atoms with E-state index in [0.29, 0.717) is 0 Å². The summed E-state index contributed by atoms with van der Waals surface area (Å²) in [5.41, 5.74) is 10.0. The molecule has 0 atom stereocenters. The second kappa shape index (κ2) is 11.6. The molecule has 0 saturated heterocycles. The van der Waals surface area contributed by atoms with Crippen molar-refractivity contribution in [2.24, 2.45) is 0 Å². The van der Waals surface area contributed by atoms with Crippen LogP contribution in [0.2, 0.25) is 0 Å². The van der Waals surface area contributed by atoms with Gasteiger partial charge in [-0.2, -0.15) is 0 Å². The van der Waals surface area contributed by atoms with Crippen LogP contribution in [0.25, 0.3) is 98.4 Å². The molecular weight excluding hydrogens is 601 g/mol. The molecule has 50 heavy (non-hydrogen) atoms. The predicted octanol–water partition coefficient (Wildman–Crippen LogP) is 14.1. The molecule has 10 aromatic rings. The monoisotopic (exact) mass is 632 g/mol. The van der Waals surface area contributed by atoms with Crippen molar-refractivity contribution < 1.29 is 0 Å². The van der Waals surface area contributed by atoms with Crippen LogP contribution in [0.15, 0.2) is 194 Å². The Morgan fingerprint density at radius 3 is 1.30 bits per heavy atom. The van der Waals surface area contributed by atoms with Crippen LogP contribution in [0, 0.1) is 0 Å². The molecule has 0 heterocycles. The van der Waals surface area contributed by atoms with E-state index in [1.165, 1.54) is 98.4 Å². The molecule has 0 heteroatoms. The number of rotatable bonds is 4. The van der Waals surface area contributed by atoms with Crippen molar-refractivity contribution in [3.63, 3.8) is 0 Å². The first-order chi connectivity index (χ1) is 24.8. The number of hydrogen-bond acceptors (Lipinski definition) is 0. The van der Waals surface area contributed by atoms with Crippen molar-refractivity contribution in [1.82, 2.24) is 0 Å². The van der Waals surface area contributed by atoms with E-state index < -0.39 is 0 Å². The minimum atomic E-state index is 1.22. The highest BCUT2D eigenvalue weighted by molar-refractivity contribution is 6.27. The summed E-state index contributed by atoms with van der Waals surface area (Å²) in [6, 6.07) is 71.2. The van der Waals surface area contributed by atoms with E-state index in [-0.39, 0.29) is 0 Å². The fraction of sp³-hybridized carbons (Fsp3) is 0. The van der Waals surface area contributed by atoms with Gasteiger partial charge in [0.25, 0.3) is 0 Å². The zero-order chi connectivity index (χ0) is 33.0. The van der Waals surface area contributed by atoms with Crippen molar-refractivity contribution >= 4 is 53.9 Å². The first kappa shape index (κ1) is 28.5. The highest BCUT2D eigenvalue weighted by Gasteiger charge is 2.20. The minimum absolute atomic E-state index is 1.22. The van der Waals surface area contributed by atoms with Gasteiger partial charge in [-0.15, -0.1) is 0 Å². The Morgan fingerprint density at radius 1 is 0.200 bits per heavy atom.